The molecule has 1 saturated heterocycles. The second-order valence-corrected chi connectivity index (χ2v) is 5.85. The SMILES string of the molecule is O=C1Nc2ccccc2/C1=C/Nc1ccc(N2CCOCC2)cc1. The second-order valence-electron chi connectivity index (χ2n) is 5.85. The fraction of sp³-hybridized carbons (Fsp3) is 0.211. The summed E-state index contributed by atoms with van der Waals surface area (Å²) in [6, 6.07) is 15.9. The maximum atomic E-state index is 12.1. The van der Waals surface area contributed by atoms with Crippen molar-refractivity contribution in [3.05, 3.63) is 60.3 Å². The number of nitrogens with one attached hydrogen (secondary N) is 2. The largest absolute Gasteiger partial charge is 0.378 e. The van der Waals surface area contributed by atoms with E-state index in [0.717, 1.165) is 43.2 Å². The summed E-state index contributed by atoms with van der Waals surface area (Å²) in [6.45, 7) is 3.41. The van der Waals surface area contributed by atoms with E-state index in [4.69, 9.17) is 4.74 Å². The zero-order valence-corrected chi connectivity index (χ0v) is 13.3. The number of carbonyl (C=O) groups is 1. The number of amides is 1. The topological polar surface area (TPSA) is 53.6 Å². The van der Waals surface area contributed by atoms with Gasteiger partial charge < -0.3 is 20.3 Å². The van der Waals surface area contributed by atoms with E-state index in [2.05, 4.69) is 27.7 Å². The second kappa shape index (κ2) is 6.37. The summed E-state index contributed by atoms with van der Waals surface area (Å²) in [5.74, 6) is -0.0753. The molecule has 1 fully saturated rings. The summed E-state index contributed by atoms with van der Waals surface area (Å²) >= 11 is 0. The molecule has 2 N–H and O–H groups in total. The monoisotopic (exact) mass is 321 g/mol. The summed E-state index contributed by atoms with van der Waals surface area (Å²) in [7, 11) is 0. The number of carbonyl (C=O) groups excluding carboxylic acids is 1. The number of morpholine rings is 1. The van der Waals surface area contributed by atoms with Crippen LogP contribution < -0.4 is 15.5 Å². The van der Waals surface area contributed by atoms with Crippen LogP contribution in [0, 0.1) is 0 Å². The van der Waals surface area contributed by atoms with E-state index in [1.807, 2.05) is 36.4 Å². The van der Waals surface area contributed by atoms with Crippen molar-refractivity contribution in [2.24, 2.45) is 0 Å². The summed E-state index contributed by atoms with van der Waals surface area (Å²) in [6.07, 6.45) is 1.77. The van der Waals surface area contributed by atoms with Crippen molar-refractivity contribution in [1.29, 1.82) is 0 Å². The Bertz CT molecular complexity index is 777. The number of rotatable bonds is 3. The third-order valence-electron chi connectivity index (χ3n) is 4.34. The highest BCUT2D eigenvalue weighted by Gasteiger charge is 2.23. The van der Waals surface area contributed by atoms with E-state index < -0.39 is 0 Å². The first-order valence-corrected chi connectivity index (χ1v) is 8.11. The minimum Gasteiger partial charge on any atom is -0.378 e. The zero-order chi connectivity index (χ0) is 16.4. The number of ether oxygens (including phenoxy) is 1. The van der Waals surface area contributed by atoms with Gasteiger partial charge in [-0.2, -0.15) is 0 Å². The Morgan fingerprint density at radius 1 is 1.04 bits per heavy atom. The lowest BCUT2D eigenvalue weighted by Crippen LogP contribution is -2.36. The fourth-order valence-electron chi connectivity index (χ4n) is 3.03. The van der Waals surface area contributed by atoms with E-state index >= 15 is 0 Å². The van der Waals surface area contributed by atoms with Gasteiger partial charge in [0, 0.05) is 41.9 Å². The van der Waals surface area contributed by atoms with Gasteiger partial charge in [-0.3, -0.25) is 4.79 Å². The standard InChI is InChI=1S/C19H19N3O2/c23-19-17(16-3-1-2-4-18(16)21-19)13-20-14-5-7-15(8-6-14)22-9-11-24-12-10-22/h1-8,13,20H,9-12H2,(H,21,23)/b17-13-. The van der Waals surface area contributed by atoms with Crippen LogP contribution >= 0.6 is 0 Å². The highest BCUT2D eigenvalue weighted by molar-refractivity contribution is 6.31. The first kappa shape index (κ1) is 14.8. The van der Waals surface area contributed by atoms with Crippen LogP contribution in [-0.4, -0.2) is 32.2 Å². The Kier molecular flexibility index (Phi) is 3.92. The summed E-state index contributed by atoms with van der Waals surface area (Å²) in [5, 5.41) is 6.09. The minimum atomic E-state index is -0.0753. The molecule has 0 saturated carbocycles. The van der Waals surface area contributed by atoms with Crippen LogP contribution in [0.5, 0.6) is 0 Å². The lowest BCUT2D eigenvalue weighted by Gasteiger charge is -2.28. The van der Waals surface area contributed by atoms with Gasteiger partial charge in [-0.15, -0.1) is 0 Å². The van der Waals surface area contributed by atoms with E-state index in [-0.39, 0.29) is 5.91 Å². The van der Waals surface area contributed by atoms with Crippen molar-refractivity contribution in [1.82, 2.24) is 0 Å². The van der Waals surface area contributed by atoms with Gasteiger partial charge in [0.05, 0.1) is 18.8 Å². The van der Waals surface area contributed by atoms with Crippen LogP contribution in [0.25, 0.3) is 5.57 Å². The number of anilines is 3. The highest BCUT2D eigenvalue weighted by atomic mass is 16.5. The molecule has 5 heteroatoms. The molecular weight excluding hydrogens is 302 g/mol. The van der Waals surface area contributed by atoms with E-state index in [9.17, 15) is 4.79 Å². The maximum absolute atomic E-state index is 12.1. The lowest BCUT2D eigenvalue weighted by molar-refractivity contribution is -0.110. The smallest absolute Gasteiger partial charge is 0.257 e. The normalized spacial score (nSPS) is 18.4. The average molecular weight is 321 g/mol. The molecule has 2 aromatic rings. The first-order valence-electron chi connectivity index (χ1n) is 8.11. The number of hydrogen-bond donors (Lipinski definition) is 2. The van der Waals surface area contributed by atoms with Gasteiger partial charge in [-0.25, -0.2) is 0 Å². The van der Waals surface area contributed by atoms with Gasteiger partial charge in [0.2, 0.25) is 0 Å². The Morgan fingerprint density at radius 3 is 2.58 bits per heavy atom. The van der Waals surface area contributed by atoms with Crippen LogP contribution in [0.15, 0.2) is 54.7 Å². The van der Waals surface area contributed by atoms with Crippen molar-refractivity contribution in [2.75, 3.05) is 41.8 Å². The average Bonchev–Trinajstić information content (AvgIpc) is 2.96. The van der Waals surface area contributed by atoms with E-state index in [1.165, 1.54) is 5.69 Å². The predicted molar refractivity (Wildman–Crippen MR) is 96.1 cm³/mol. The molecule has 0 radical (unpaired) electrons. The van der Waals surface area contributed by atoms with Gasteiger partial charge in [0.1, 0.15) is 0 Å². The van der Waals surface area contributed by atoms with Crippen LogP contribution in [0.3, 0.4) is 0 Å². The fourth-order valence-corrected chi connectivity index (χ4v) is 3.03. The van der Waals surface area contributed by atoms with Crippen molar-refractivity contribution in [2.45, 2.75) is 0 Å². The van der Waals surface area contributed by atoms with Gasteiger partial charge in [0.15, 0.2) is 0 Å². The van der Waals surface area contributed by atoms with E-state index in [0.29, 0.717) is 5.57 Å². The molecule has 24 heavy (non-hydrogen) atoms. The van der Waals surface area contributed by atoms with Crippen LogP contribution in [0.2, 0.25) is 0 Å². The third-order valence-corrected chi connectivity index (χ3v) is 4.34. The van der Waals surface area contributed by atoms with Crippen molar-refractivity contribution >= 4 is 28.5 Å². The molecule has 0 bridgehead atoms. The molecule has 1 amide bonds. The number of para-hydroxylation sites is 1. The molecule has 2 aliphatic rings. The zero-order valence-electron chi connectivity index (χ0n) is 13.3. The Hall–Kier alpha value is -2.79. The molecule has 0 unspecified atom stereocenters. The highest BCUT2D eigenvalue weighted by Crippen LogP contribution is 2.31. The Balaban J connectivity index is 1.49. The number of nitrogens with zero attached hydrogens (tertiary/aromatic N) is 1. The molecule has 2 heterocycles. The number of hydrogen-bond acceptors (Lipinski definition) is 4. The molecule has 122 valence electrons. The van der Waals surface area contributed by atoms with Crippen molar-refractivity contribution in [3.63, 3.8) is 0 Å². The molecular formula is C19H19N3O2. The quantitative estimate of drug-likeness (QED) is 0.854. The molecule has 0 aliphatic carbocycles. The molecule has 2 aromatic carbocycles. The summed E-state index contributed by atoms with van der Waals surface area (Å²) < 4.78 is 5.38. The Morgan fingerprint density at radius 2 is 1.79 bits per heavy atom. The van der Waals surface area contributed by atoms with E-state index in [1.54, 1.807) is 6.20 Å². The van der Waals surface area contributed by atoms with Gasteiger partial charge >= 0.3 is 0 Å². The lowest BCUT2D eigenvalue weighted by atomic mass is 10.1. The minimum absolute atomic E-state index is 0.0753. The first-order chi connectivity index (χ1) is 11.8. The summed E-state index contributed by atoms with van der Waals surface area (Å²) in [5.41, 5.74) is 4.60. The third kappa shape index (κ3) is 2.86. The molecule has 0 spiro atoms. The molecule has 5 nitrogen and oxygen atoms in total. The number of fused-ring (bicyclic) bond motifs is 1. The van der Waals surface area contributed by atoms with Crippen LogP contribution in [0.4, 0.5) is 17.1 Å². The number of benzene rings is 2. The van der Waals surface area contributed by atoms with Crippen LogP contribution in [-0.2, 0) is 9.53 Å². The summed E-state index contributed by atoms with van der Waals surface area (Å²) in [4.78, 5) is 14.4. The Labute approximate surface area is 140 Å². The molecule has 4 rings (SSSR count). The predicted octanol–water partition coefficient (Wildman–Crippen LogP) is 2.93. The van der Waals surface area contributed by atoms with Gasteiger partial charge in [0.25, 0.3) is 5.91 Å². The van der Waals surface area contributed by atoms with Gasteiger partial charge in [-0.1, -0.05) is 18.2 Å². The van der Waals surface area contributed by atoms with Crippen molar-refractivity contribution < 1.29 is 9.53 Å². The maximum Gasteiger partial charge on any atom is 0.257 e. The van der Waals surface area contributed by atoms with Crippen molar-refractivity contribution in [3.8, 4) is 0 Å². The van der Waals surface area contributed by atoms with Crippen LogP contribution in [0.1, 0.15) is 5.56 Å². The molecule has 2 aliphatic heterocycles. The molecule has 0 atom stereocenters. The van der Waals surface area contributed by atoms with Gasteiger partial charge in [-0.05, 0) is 30.3 Å². The molecule has 0 aromatic heterocycles.